The number of hydrogen-bond donors (Lipinski definition) is 8. The third kappa shape index (κ3) is 15.8. The van der Waals surface area contributed by atoms with Crippen molar-refractivity contribution in [2.45, 2.75) is 108 Å². The van der Waals surface area contributed by atoms with E-state index in [1.165, 1.54) is 29.2 Å². The number of aliphatic carboxylic acids is 1. The molecule has 1 aliphatic heterocycles. The van der Waals surface area contributed by atoms with E-state index in [1.54, 1.807) is 92.7 Å². The van der Waals surface area contributed by atoms with Crippen molar-refractivity contribution in [3.63, 3.8) is 0 Å². The number of hydrogen-bond acceptors (Lipinski definition) is 10. The van der Waals surface area contributed by atoms with Gasteiger partial charge < -0.3 is 51.7 Å². The Balaban J connectivity index is 1.35. The van der Waals surface area contributed by atoms with Crippen LogP contribution in [-0.2, 0) is 64.0 Å². The smallest absolute Gasteiger partial charge is 0.326 e. The molecule has 0 aromatic heterocycles. The van der Waals surface area contributed by atoms with Gasteiger partial charge in [-0.3, -0.25) is 33.6 Å². The zero-order chi connectivity index (χ0) is 57.7. The van der Waals surface area contributed by atoms with E-state index in [1.807, 2.05) is 18.2 Å². The summed E-state index contributed by atoms with van der Waals surface area (Å²) in [5, 5.41) is 39.1. The molecular weight excluding hydrogens is 994 g/mol. The van der Waals surface area contributed by atoms with Gasteiger partial charge in [0.15, 0.2) is 4.24 Å². The van der Waals surface area contributed by atoms with E-state index in [9.17, 15) is 51.7 Å². The van der Waals surface area contributed by atoms with Crippen molar-refractivity contribution in [1.82, 2.24) is 36.4 Å². The van der Waals surface area contributed by atoms with Gasteiger partial charge in [0.05, 0.1) is 6.61 Å². The molecule has 1 saturated heterocycles. The third-order valence-corrected chi connectivity index (χ3v) is 13.4. The second-order valence-corrected chi connectivity index (χ2v) is 19.7. The number of nitrogens with zero attached hydrogens (tertiary/aromatic N) is 2. The van der Waals surface area contributed by atoms with Crippen LogP contribution < -0.4 is 26.6 Å². The SMILES string of the molecule is [2H]N(C(C)=O)[C@@H](Cc1ccccc1)C(=O)N([2H])[C@@H](Cc1ccc(Cl)cc1)C(=O)N[C@@H](Cc1cccc2ccccc12)C(=O)N(C)[C@@H](CO)C(=O)N([2H])[C@@H](Cc1ccc(O)cc1)C(=O)N1CCC[C@H]1C(=O)N[C@@H](CC(C)C)C(=O)O. The number of carboxylic acid groups (broad SMARTS) is 1. The van der Waals surface area contributed by atoms with E-state index in [4.69, 9.17) is 13.0 Å². The van der Waals surface area contributed by atoms with Gasteiger partial charge in [0.1, 0.15) is 48.0 Å². The summed E-state index contributed by atoms with van der Waals surface area (Å²) in [4.78, 5) is 115. The van der Waals surface area contributed by atoms with E-state index in [0.717, 1.165) is 24.3 Å². The predicted octanol–water partition coefficient (Wildman–Crippen LogP) is 3.85. The molecule has 1 fully saturated rings. The minimum Gasteiger partial charge on any atom is -0.508 e. The Morgan fingerprint density at radius 3 is 1.89 bits per heavy atom. The van der Waals surface area contributed by atoms with Crippen LogP contribution in [0.1, 0.15) is 62.3 Å². The fraction of sp³-hybridized carbons (Fsp3) is 0.368. The standard InChI is InChI=1S/C57H66ClN7O11/c1-34(2)28-48(57(75)76)63-53(71)49-18-11-27-65(49)56(74)46(31-38-21-25-42(68)26-22-38)62-54(72)50(33-66)64(4)55(73)47(32-40-16-10-15-39-14-8-9-17-43(39)40)61-52(70)45(30-37-19-23-41(58)24-20-37)60-51(69)44(59-35(3)67)29-36-12-6-5-7-13-36/h5-10,12-17,19-26,34,44-50,66,68H,11,18,27-33H2,1-4H3,(H,59,67)(H,60,69)(H,61,70)(H,62,72)(H,63,71)(H,75,76)/t44-,45-,46-,47-,48-,49-,50-/m0/s1/i/hD3. The molecule has 76 heavy (non-hydrogen) atoms. The van der Waals surface area contributed by atoms with Crippen LogP contribution in [0.4, 0.5) is 0 Å². The lowest BCUT2D eigenvalue weighted by molar-refractivity contribution is -0.146. The number of phenols is 1. The number of likely N-dealkylation sites (N-methyl/N-ethyl adjacent to an activating group) is 1. The first-order chi connectivity index (χ1) is 37.6. The Hall–Kier alpha value is -7.83. The summed E-state index contributed by atoms with van der Waals surface area (Å²) in [6.07, 6.45) is -0.526. The summed E-state index contributed by atoms with van der Waals surface area (Å²) in [6.45, 7) is 3.58. The molecule has 0 aliphatic carbocycles. The number of nitrogens with one attached hydrogen (secondary N) is 5. The molecule has 6 rings (SSSR count). The maximum atomic E-state index is 15.2. The Morgan fingerprint density at radius 2 is 1.26 bits per heavy atom. The van der Waals surface area contributed by atoms with Crippen LogP contribution >= 0.6 is 11.6 Å². The second kappa shape index (κ2) is 27.1. The Bertz CT molecular complexity index is 2970. The number of aliphatic hydroxyl groups excluding tert-OH is 1. The first-order valence-corrected chi connectivity index (χ1v) is 25.4. The molecule has 5 aromatic rings. The van der Waals surface area contributed by atoms with Gasteiger partial charge in [0.25, 0.3) is 0 Å². The van der Waals surface area contributed by atoms with Gasteiger partial charge in [0, 0.05) is 51.2 Å². The zero-order valence-electron chi connectivity index (χ0n) is 45.8. The minimum absolute atomic E-state index is 0.0104. The minimum atomic E-state index is -1.88. The molecule has 7 amide bonds. The molecule has 402 valence electrons. The average molecular weight is 1060 g/mol. The van der Waals surface area contributed by atoms with E-state index < -0.39 is 96.2 Å². The third-order valence-electron chi connectivity index (χ3n) is 13.1. The Morgan fingerprint density at radius 1 is 0.684 bits per heavy atom. The summed E-state index contributed by atoms with van der Waals surface area (Å²) in [6, 6.07) is 21.9. The van der Waals surface area contributed by atoms with Gasteiger partial charge in [-0.15, -0.1) is 0 Å². The average Bonchev–Trinajstić information content (AvgIpc) is 3.94. The van der Waals surface area contributed by atoms with Gasteiger partial charge >= 0.3 is 5.97 Å². The molecule has 7 atom stereocenters. The van der Waals surface area contributed by atoms with Crippen LogP contribution in [0.25, 0.3) is 10.8 Å². The lowest BCUT2D eigenvalue weighted by Gasteiger charge is -2.33. The van der Waals surface area contributed by atoms with Gasteiger partial charge in [-0.1, -0.05) is 123 Å². The molecule has 0 radical (unpaired) electrons. The molecule has 0 saturated carbocycles. The Kier molecular flexibility index (Phi) is 18.9. The summed E-state index contributed by atoms with van der Waals surface area (Å²) in [5.74, 6) is -8.22. The van der Waals surface area contributed by atoms with E-state index in [0.29, 0.717) is 55.0 Å². The van der Waals surface area contributed by atoms with Gasteiger partial charge in [-0.05, 0) is 82.5 Å². The summed E-state index contributed by atoms with van der Waals surface area (Å²) >= 11 is 6.20. The van der Waals surface area contributed by atoms with E-state index in [2.05, 4.69) is 10.6 Å². The van der Waals surface area contributed by atoms with Crippen LogP contribution in [0, 0.1) is 5.92 Å². The number of aromatic hydroxyl groups is 1. The number of rotatable bonds is 24. The van der Waals surface area contributed by atoms with Crippen molar-refractivity contribution in [2.75, 3.05) is 20.2 Å². The molecule has 5 aromatic carbocycles. The highest BCUT2D eigenvalue weighted by Crippen LogP contribution is 2.24. The molecule has 1 aliphatic rings. The number of fused-ring (bicyclic) bond motifs is 1. The fourth-order valence-corrected chi connectivity index (χ4v) is 9.31. The Labute approximate surface area is 450 Å². The number of benzene rings is 5. The molecule has 0 unspecified atom stereocenters. The highest BCUT2D eigenvalue weighted by Gasteiger charge is 2.41. The lowest BCUT2D eigenvalue weighted by Crippen LogP contribution is -2.61. The van der Waals surface area contributed by atoms with Gasteiger partial charge in [-0.25, -0.2) is 4.79 Å². The van der Waals surface area contributed by atoms with Crippen molar-refractivity contribution in [3.8, 4) is 5.75 Å². The maximum Gasteiger partial charge on any atom is 0.326 e. The van der Waals surface area contributed by atoms with Crippen molar-refractivity contribution >= 4 is 69.7 Å². The van der Waals surface area contributed by atoms with Crippen LogP contribution in [0.3, 0.4) is 0 Å². The van der Waals surface area contributed by atoms with Crippen LogP contribution in [0.15, 0.2) is 121 Å². The summed E-state index contributed by atoms with van der Waals surface area (Å²) in [7, 11) is 1.16. The van der Waals surface area contributed by atoms with Crippen molar-refractivity contribution in [2.24, 2.45) is 5.92 Å². The lowest BCUT2D eigenvalue weighted by atomic mass is 9.97. The van der Waals surface area contributed by atoms with Gasteiger partial charge in [-0.2, -0.15) is 0 Å². The van der Waals surface area contributed by atoms with Crippen molar-refractivity contribution in [1.29, 1.82) is 0 Å². The molecule has 1 heterocycles. The number of phenolic OH excluding ortho intramolecular Hbond substituents is 1. The maximum absolute atomic E-state index is 15.2. The topological polar surface area (TPSA) is 264 Å². The number of carbonyl (C=O) groups is 8. The molecule has 0 spiro atoms. The summed E-state index contributed by atoms with van der Waals surface area (Å²) < 4.78 is 27.2. The fourth-order valence-electron chi connectivity index (χ4n) is 9.19. The molecule has 0 bridgehead atoms. The first kappa shape index (κ1) is 53.0. The second-order valence-electron chi connectivity index (χ2n) is 19.3. The monoisotopic (exact) mass is 1060 g/mol. The zero-order valence-corrected chi connectivity index (χ0v) is 43.5. The first-order valence-electron chi connectivity index (χ1n) is 26.4. The largest absolute Gasteiger partial charge is 0.508 e. The molecule has 19 heteroatoms. The number of amides is 7. The molecule has 18 nitrogen and oxygen atoms in total. The van der Waals surface area contributed by atoms with Crippen LogP contribution in [0.2, 0.25) is 9.26 Å². The normalized spacial score (nSPS) is 16.1. The van der Waals surface area contributed by atoms with Crippen LogP contribution in [0.5, 0.6) is 5.75 Å². The number of carboxylic acids is 1. The van der Waals surface area contributed by atoms with E-state index in [-0.39, 0.29) is 56.7 Å². The van der Waals surface area contributed by atoms with Crippen molar-refractivity contribution < 1.29 is 57.9 Å². The number of aliphatic hydroxyl groups is 1. The summed E-state index contributed by atoms with van der Waals surface area (Å²) in [5.41, 5.74) is 1.92. The highest BCUT2D eigenvalue weighted by atomic mass is 35.5. The number of likely N-dealkylation sites (tertiary alicyclic amines) is 1. The molecule has 8 N–H and O–H groups in total. The van der Waals surface area contributed by atoms with Crippen LogP contribution in [-0.4, -0.2) is 135 Å². The van der Waals surface area contributed by atoms with E-state index >= 15 is 4.79 Å². The number of carbonyl (C=O) groups excluding carboxylic acids is 7. The van der Waals surface area contributed by atoms with Crippen molar-refractivity contribution in [3.05, 3.63) is 149 Å². The molecular formula is C57H66ClN7O11. The predicted molar refractivity (Wildman–Crippen MR) is 286 cm³/mol. The quantitative estimate of drug-likeness (QED) is 0.0440. The van der Waals surface area contributed by atoms with Gasteiger partial charge in [0.2, 0.25) is 41.4 Å². The number of halogens is 1. The highest BCUT2D eigenvalue weighted by molar-refractivity contribution is 6.30.